The first kappa shape index (κ1) is 18.3. The van der Waals surface area contributed by atoms with Gasteiger partial charge in [-0.15, -0.1) is 0 Å². The second-order valence-corrected chi connectivity index (χ2v) is 6.86. The van der Waals surface area contributed by atoms with Gasteiger partial charge in [-0.2, -0.15) is 0 Å². The van der Waals surface area contributed by atoms with Crippen molar-refractivity contribution >= 4 is 23.5 Å². The SMILES string of the molecule is CC(c1ccccc1)N1CC(NC(=O)NCc2ccccc2Cl)CC1=O. The number of urea groups is 1. The number of benzene rings is 2. The van der Waals surface area contributed by atoms with Crippen LogP contribution in [0.15, 0.2) is 54.6 Å². The van der Waals surface area contributed by atoms with E-state index >= 15 is 0 Å². The number of amides is 3. The minimum Gasteiger partial charge on any atom is -0.334 e. The largest absolute Gasteiger partial charge is 0.334 e. The summed E-state index contributed by atoms with van der Waals surface area (Å²) in [4.78, 5) is 26.3. The van der Waals surface area contributed by atoms with E-state index in [4.69, 9.17) is 11.6 Å². The van der Waals surface area contributed by atoms with Gasteiger partial charge in [-0.05, 0) is 24.1 Å². The smallest absolute Gasteiger partial charge is 0.315 e. The van der Waals surface area contributed by atoms with E-state index < -0.39 is 0 Å². The molecule has 26 heavy (non-hydrogen) atoms. The van der Waals surface area contributed by atoms with Crippen molar-refractivity contribution in [2.75, 3.05) is 6.54 Å². The second kappa shape index (κ2) is 8.23. The second-order valence-electron chi connectivity index (χ2n) is 6.45. The van der Waals surface area contributed by atoms with E-state index in [9.17, 15) is 9.59 Å². The van der Waals surface area contributed by atoms with Crippen molar-refractivity contribution in [3.8, 4) is 0 Å². The summed E-state index contributed by atoms with van der Waals surface area (Å²) < 4.78 is 0. The van der Waals surface area contributed by atoms with Crippen LogP contribution in [-0.2, 0) is 11.3 Å². The van der Waals surface area contributed by atoms with Crippen LogP contribution in [-0.4, -0.2) is 29.4 Å². The van der Waals surface area contributed by atoms with Crippen LogP contribution in [0.1, 0.15) is 30.5 Å². The van der Waals surface area contributed by atoms with Crippen molar-refractivity contribution in [1.82, 2.24) is 15.5 Å². The summed E-state index contributed by atoms with van der Waals surface area (Å²) in [6, 6.07) is 16.8. The van der Waals surface area contributed by atoms with Crippen molar-refractivity contribution in [3.63, 3.8) is 0 Å². The monoisotopic (exact) mass is 371 g/mol. The first-order chi connectivity index (χ1) is 12.5. The van der Waals surface area contributed by atoms with Crippen molar-refractivity contribution in [2.24, 2.45) is 0 Å². The van der Waals surface area contributed by atoms with Crippen LogP contribution in [0.4, 0.5) is 4.79 Å². The zero-order chi connectivity index (χ0) is 18.5. The quantitative estimate of drug-likeness (QED) is 0.845. The van der Waals surface area contributed by atoms with Gasteiger partial charge in [0.2, 0.25) is 5.91 Å². The molecule has 1 saturated heterocycles. The molecule has 2 aromatic carbocycles. The molecule has 0 radical (unpaired) electrons. The molecule has 136 valence electrons. The van der Waals surface area contributed by atoms with Crippen LogP contribution in [0.3, 0.4) is 0 Å². The molecule has 0 aromatic heterocycles. The maximum absolute atomic E-state index is 12.3. The van der Waals surface area contributed by atoms with Gasteiger partial charge in [0, 0.05) is 24.5 Å². The van der Waals surface area contributed by atoms with Crippen molar-refractivity contribution in [1.29, 1.82) is 0 Å². The van der Waals surface area contributed by atoms with Crippen LogP contribution in [0.25, 0.3) is 0 Å². The summed E-state index contributed by atoms with van der Waals surface area (Å²) in [5.74, 6) is 0.0535. The van der Waals surface area contributed by atoms with E-state index in [2.05, 4.69) is 10.6 Å². The average Bonchev–Trinajstić information content (AvgIpc) is 3.01. The third kappa shape index (κ3) is 4.35. The van der Waals surface area contributed by atoms with Gasteiger partial charge >= 0.3 is 6.03 Å². The number of hydrogen-bond acceptors (Lipinski definition) is 2. The number of nitrogens with zero attached hydrogens (tertiary/aromatic N) is 1. The number of hydrogen-bond donors (Lipinski definition) is 2. The molecule has 2 N–H and O–H groups in total. The standard InChI is InChI=1S/C20H22ClN3O2/c1-14(15-7-3-2-4-8-15)24-13-17(11-19(24)25)23-20(26)22-12-16-9-5-6-10-18(16)21/h2-10,14,17H,11-13H2,1H3,(H2,22,23,26). The molecular weight excluding hydrogens is 350 g/mol. The van der Waals surface area contributed by atoms with Gasteiger partial charge < -0.3 is 15.5 Å². The Hall–Kier alpha value is -2.53. The summed E-state index contributed by atoms with van der Waals surface area (Å²) in [6.07, 6.45) is 0.316. The van der Waals surface area contributed by atoms with E-state index in [0.29, 0.717) is 24.5 Å². The fraction of sp³-hybridized carbons (Fsp3) is 0.300. The summed E-state index contributed by atoms with van der Waals surface area (Å²) in [5.41, 5.74) is 1.94. The van der Waals surface area contributed by atoms with Crippen LogP contribution in [0.5, 0.6) is 0 Å². The van der Waals surface area contributed by atoms with Crippen LogP contribution in [0.2, 0.25) is 5.02 Å². The molecule has 6 heteroatoms. The molecular formula is C20H22ClN3O2. The normalized spacial score (nSPS) is 17.8. The zero-order valence-corrected chi connectivity index (χ0v) is 15.4. The Morgan fingerprint density at radius 2 is 1.88 bits per heavy atom. The van der Waals surface area contributed by atoms with Crippen molar-refractivity contribution < 1.29 is 9.59 Å². The van der Waals surface area contributed by atoms with Gasteiger partial charge in [-0.3, -0.25) is 4.79 Å². The predicted octanol–water partition coefficient (Wildman–Crippen LogP) is 3.50. The molecule has 0 bridgehead atoms. The van der Waals surface area contributed by atoms with Gasteiger partial charge in [-0.1, -0.05) is 60.1 Å². The minimum atomic E-state index is -0.295. The zero-order valence-electron chi connectivity index (χ0n) is 14.6. The highest BCUT2D eigenvalue weighted by Crippen LogP contribution is 2.25. The molecule has 3 amide bonds. The number of carbonyl (C=O) groups excluding carboxylic acids is 2. The molecule has 0 saturated carbocycles. The lowest BCUT2D eigenvalue weighted by Gasteiger charge is -2.25. The molecule has 0 spiro atoms. The number of rotatable bonds is 5. The Balaban J connectivity index is 1.52. The van der Waals surface area contributed by atoms with Gasteiger partial charge in [0.25, 0.3) is 0 Å². The van der Waals surface area contributed by atoms with E-state index in [0.717, 1.165) is 11.1 Å². The first-order valence-electron chi connectivity index (χ1n) is 8.67. The topological polar surface area (TPSA) is 61.4 Å². The number of halogens is 1. The average molecular weight is 372 g/mol. The summed E-state index contributed by atoms with van der Waals surface area (Å²) in [5, 5.41) is 6.29. The Labute approximate surface area is 158 Å². The Morgan fingerprint density at radius 1 is 1.19 bits per heavy atom. The maximum atomic E-state index is 12.3. The minimum absolute atomic E-state index is 0.0123. The molecule has 3 rings (SSSR count). The molecule has 1 aliphatic rings. The lowest BCUT2D eigenvalue weighted by atomic mass is 10.1. The highest BCUT2D eigenvalue weighted by molar-refractivity contribution is 6.31. The van der Waals surface area contributed by atoms with E-state index in [1.807, 2.05) is 60.4 Å². The molecule has 1 heterocycles. The van der Waals surface area contributed by atoms with Crippen molar-refractivity contribution in [2.45, 2.75) is 32.0 Å². The number of likely N-dealkylation sites (tertiary alicyclic amines) is 1. The van der Waals surface area contributed by atoms with Crippen LogP contribution < -0.4 is 10.6 Å². The van der Waals surface area contributed by atoms with Gasteiger partial charge in [-0.25, -0.2) is 4.79 Å². The summed E-state index contributed by atoms with van der Waals surface area (Å²) in [6.45, 7) is 2.86. The highest BCUT2D eigenvalue weighted by Gasteiger charge is 2.33. The lowest BCUT2D eigenvalue weighted by molar-refractivity contribution is -0.129. The highest BCUT2D eigenvalue weighted by atomic mass is 35.5. The molecule has 2 unspecified atom stereocenters. The maximum Gasteiger partial charge on any atom is 0.315 e. The predicted molar refractivity (Wildman–Crippen MR) is 102 cm³/mol. The molecule has 0 aliphatic carbocycles. The Bertz CT molecular complexity index is 782. The Morgan fingerprint density at radius 3 is 2.62 bits per heavy atom. The van der Waals surface area contributed by atoms with Crippen LogP contribution in [0, 0.1) is 0 Å². The van der Waals surface area contributed by atoms with E-state index in [-0.39, 0.29) is 24.0 Å². The number of carbonyl (C=O) groups is 2. The van der Waals surface area contributed by atoms with Crippen molar-refractivity contribution in [3.05, 3.63) is 70.7 Å². The Kier molecular flexibility index (Phi) is 5.78. The molecule has 5 nitrogen and oxygen atoms in total. The van der Waals surface area contributed by atoms with Gasteiger partial charge in [0.15, 0.2) is 0 Å². The fourth-order valence-electron chi connectivity index (χ4n) is 3.17. The molecule has 1 fully saturated rings. The molecule has 1 aliphatic heterocycles. The summed E-state index contributed by atoms with van der Waals surface area (Å²) in [7, 11) is 0. The fourth-order valence-corrected chi connectivity index (χ4v) is 3.37. The molecule has 2 atom stereocenters. The third-order valence-electron chi connectivity index (χ3n) is 4.64. The third-order valence-corrected chi connectivity index (χ3v) is 5.01. The first-order valence-corrected chi connectivity index (χ1v) is 9.04. The van der Waals surface area contributed by atoms with Crippen LogP contribution >= 0.6 is 11.6 Å². The lowest BCUT2D eigenvalue weighted by Crippen LogP contribution is -2.43. The van der Waals surface area contributed by atoms with E-state index in [1.54, 1.807) is 6.07 Å². The molecule has 2 aromatic rings. The van der Waals surface area contributed by atoms with E-state index in [1.165, 1.54) is 0 Å². The van der Waals surface area contributed by atoms with Gasteiger partial charge in [0.05, 0.1) is 12.1 Å². The number of nitrogens with one attached hydrogen (secondary N) is 2. The summed E-state index contributed by atoms with van der Waals surface area (Å²) >= 11 is 6.09. The van der Waals surface area contributed by atoms with Gasteiger partial charge in [0.1, 0.15) is 0 Å².